The van der Waals surface area contributed by atoms with Crippen LogP contribution in [0, 0.1) is 0 Å². The van der Waals surface area contributed by atoms with Crippen molar-refractivity contribution in [2.24, 2.45) is 7.05 Å². The summed E-state index contributed by atoms with van der Waals surface area (Å²) >= 11 is 0. The minimum absolute atomic E-state index is 0.0557. The Kier molecular flexibility index (Phi) is 6.08. The molecule has 0 spiro atoms. The Balaban J connectivity index is 1.75. The molecule has 1 saturated heterocycles. The smallest absolute Gasteiger partial charge is 0.267 e. The first-order valence-electron chi connectivity index (χ1n) is 9.57. The van der Waals surface area contributed by atoms with E-state index in [0.717, 1.165) is 49.6 Å². The summed E-state index contributed by atoms with van der Waals surface area (Å²) < 4.78 is 7.38. The van der Waals surface area contributed by atoms with Gasteiger partial charge in [0, 0.05) is 26.2 Å². The number of piperidine rings is 1. The van der Waals surface area contributed by atoms with E-state index in [2.05, 4.69) is 33.3 Å². The van der Waals surface area contributed by atoms with Crippen LogP contribution in [-0.4, -0.2) is 39.1 Å². The van der Waals surface area contributed by atoms with Gasteiger partial charge in [-0.3, -0.25) is 9.69 Å². The third-order valence-corrected chi connectivity index (χ3v) is 5.17. The Morgan fingerprint density at radius 2 is 2.23 bits per heavy atom. The predicted octanol–water partition coefficient (Wildman–Crippen LogP) is 2.84. The molecule has 0 aliphatic carbocycles. The zero-order chi connectivity index (χ0) is 18.5. The molecule has 0 unspecified atom stereocenters. The second-order valence-corrected chi connectivity index (χ2v) is 6.97. The standard InChI is InChI=1S/C19H29N5O2/c1-4-5-9-18-21-17(22-26-18)13-24-12-7-6-8-15(24)14-10-11-16(23(14)3)19(25)20-2/h10-11,15H,4-9,12-13H2,1-3H3,(H,20,25)/t15-/m0/s1. The van der Waals surface area contributed by atoms with Crippen molar-refractivity contribution in [3.05, 3.63) is 35.2 Å². The molecule has 0 aromatic carbocycles. The topological polar surface area (TPSA) is 76.2 Å². The molecule has 26 heavy (non-hydrogen) atoms. The quantitative estimate of drug-likeness (QED) is 0.823. The molecule has 0 radical (unpaired) electrons. The highest BCUT2D eigenvalue weighted by atomic mass is 16.5. The maximum absolute atomic E-state index is 12.0. The lowest BCUT2D eigenvalue weighted by Crippen LogP contribution is -2.34. The van der Waals surface area contributed by atoms with Gasteiger partial charge in [0.2, 0.25) is 5.89 Å². The summed E-state index contributed by atoms with van der Waals surface area (Å²) in [5, 5.41) is 6.86. The first-order valence-corrected chi connectivity index (χ1v) is 9.57. The molecule has 3 rings (SSSR count). The van der Waals surface area contributed by atoms with Gasteiger partial charge >= 0.3 is 0 Å². The van der Waals surface area contributed by atoms with E-state index in [9.17, 15) is 4.79 Å². The maximum atomic E-state index is 12.0. The number of aromatic nitrogens is 3. The van der Waals surface area contributed by atoms with Crippen LogP contribution in [0.2, 0.25) is 0 Å². The molecule has 142 valence electrons. The molecule has 7 nitrogen and oxygen atoms in total. The molecule has 0 saturated carbocycles. The highest BCUT2D eigenvalue weighted by Gasteiger charge is 2.28. The molecule has 2 aromatic rings. The fraction of sp³-hybridized carbons (Fsp3) is 0.632. The van der Waals surface area contributed by atoms with Crippen LogP contribution in [0.25, 0.3) is 0 Å². The van der Waals surface area contributed by atoms with Crippen LogP contribution < -0.4 is 5.32 Å². The number of hydrogen-bond donors (Lipinski definition) is 1. The van der Waals surface area contributed by atoms with Crippen molar-refractivity contribution in [3.63, 3.8) is 0 Å². The molecule has 2 aromatic heterocycles. The first kappa shape index (κ1) is 18.6. The van der Waals surface area contributed by atoms with Crippen molar-refractivity contribution >= 4 is 5.91 Å². The van der Waals surface area contributed by atoms with E-state index in [-0.39, 0.29) is 11.9 Å². The van der Waals surface area contributed by atoms with E-state index in [1.165, 1.54) is 12.8 Å². The molecular weight excluding hydrogens is 330 g/mol. The Hall–Kier alpha value is -2.15. The Morgan fingerprint density at radius 1 is 1.38 bits per heavy atom. The summed E-state index contributed by atoms with van der Waals surface area (Å²) in [5.41, 5.74) is 1.85. The monoisotopic (exact) mass is 359 g/mol. The number of aryl methyl sites for hydroxylation is 1. The van der Waals surface area contributed by atoms with E-state index in [4.69, 9.17) is 4.52 Å². The van der Waals surface area contributed by atoms with Crippen LogP contribution >= 0.6 is 0 Å². The summed E-state index contributed by atoms with van der Waals surface area (Å²) in [6, 6.07) is 4.24. The third-order valence-electron chi connectivity index (χ3n) is 5.17. The summed E-state index contributed by atoms with van der Waals surface area (Å²) in [6.07, 6.45) is 6.47. The zero-order valence-electron chi connectivity index (χ0n) is 16.0. The van der Waals surface area contributed by atoms with Gasteiger partial charge in [-0.2, -0.15) is 4.98 Å². The minimum Gasteiger partial charge on any atom is -0.354 e. The van der Waals surface area contributed by atoms with Gasteiger partial charge in [-0.1, -0.05) is 24.9 Å². The molecule has 1 amide bonds. The minimum atomic E-state index is -0.0557. The number of carbonyl (C=O) groups is 1. The maximum Gasteiger partial charge on any atom is 0.267 e. The van der Waals surface area contributed by atoms with E-state index in [1.807, 2.05) is 17.7 Å². The average Bonchev–Trinajstić information content (AvgIpc) is 3.26. The van der Waals surface area contributed by atoms with Gasteiger partial charge in [0.25, 0.3) is 5.91 Å². The average molecular weight is 359 g/mol. The van der Waals surface area contributed by atoms with Crippen molar-refractivity contribution in [1.29, 1.82) is 0 Å². The molecule has 0 bridgehead atoms. The largest absolute Gasteiger partial charge is 0.354 e. The molecule has 1 fully saturated rings. The van der Waals surface area contributed by atoms with E-state index in [0.29, 0.717) is 12.2 Å². The van der Waals surface area contributed by atoms with Crippen LogP contribution in [0.5, 0.6) is 0 Å². The van der Waals surface area contributed by atoms with Crippen molar-refractivity contribution in [1.82, 2.24) is 24.9 Å². The lowest BCUT2D eigenvalue weighted by atomic mass is 9.99. The number of nitrogens with zero attached hydrogens (tertiary/aromatic N) is 4. The Bertz CT molecular complexity index is 736. The van der Waals surface area contributed by atoms with Gasteiger partial charge < -0.3 is 14.4 Å². The van der Waals surface area contributed by atoms with Crippen LogP contribution in [0.15, 0.2) is 16.7 Å². The number of carbonyl (C=O) groups excluding carboxylic acids is 1. The summed E-state index contributed by atoms with van der Waals surface area (Å²) in [5.74, 6) is 1.43. The fourth-order valence-corrected chi connectivity index (χ4v) is 3.70. The van der Waals surface area contributed by atoms with Crippen molar-refractivity contribution in [2.75, 3.05) is 13.6 Å². The van der Waals surface area contributed by atoms with Gasteiger partial charge in [0.1, 0.15) is 5.69 Å². The Morgan fingerprint density at radius 3 is 3.00 bits per heavy atom. The predicted molar refractivity (Wildman–Crippen MR) is 98.7 cm³/mol. The fourth-order valence-electron chi connectivity index (χ4n) is 3.70. The number of likely N-dealkylation sites (tertiary alicyclic amines) is 1. The van der Waals surface area contributed by atoms with Crippen molar-refractivity contribution in [3.8, 4) is 0 Å². The van der Waals surface area contributed by atoms with Gasteiger partial charge in [0.15, 0.2) is 5.82 Å². The molecule has 1 aliphatic rings. The van der Waals surface area contributed by atoms with Crippen LogP contribution in [0.3, 0.4) is 0 Å². The lowest BCUT2D eigenvalue weighted by Gasteiger charge is -2.35. The highest BCUT2D eigenvalue weighted by molar-refractivity contribution is 5.92. The zero-order valence-corrected chi connectivity index (χ0v) is 16.0. The normalized spacial score (nSPS) is 18.2. The van der Waals surface area contributed by atoms with Gasteiger partial charge in [-0.05, 0) is 37.9 Å². The molecule has 3 heterocycles. The molecule has 1 aliphatic heterocycles. The van der Waals surface area contributed by atoms with Crippen molar-refractivity contribution < 1.29 is 9.32 Å². The molecular formula is C19H29N5O2. The Labute approximate surface area is 154 Å². The number of unbranched alkanes of at least 4 members (excludes halogenated alkanes) is 1. The molecule has 7 heteroatoms. The van der Waals surface area contributed by atoms with Gasteiger partial charge in [-0.25, -0.2) is 0 Å². The summed E-state index contributed by atoms with van der Waals surface area (Å²) in [6.45, 7) is 3.84. The van der Waals surface area contributed by atoms with E-state index in [1.54, 1.807) is 7.05 Å². The van der Waals surface area contributed by atoms with Crippen LogP contribution in [0.4, 0.5) is 0 Å². The summed E-state index contributed by atoms with van der Waals surface area (Å²) in [4.78, 5) is 19.0. The summed E-state index contributed by atoms with van der Waals surface area (Å²) in [7, 11) is 3.62. The number of amides is 1. The highest BCUT2D eigenvalue weighted by Crippen LogP contribution is 2.32. The third kappa shape index (κ3) is 3.98. The van der Waals surface area contributed by atoms with E-state index < -0.39 is 0 Å². The van der Waals surface area contributed by atoms with Crippen LogP contribution in [0.1, 0.15) is 73.0 Å². The lowest BCUT2D eigenvalue weighted by molar-refractivity contribution is 0.0952. The number of rotatable bonds is 7. The van der Waals surface area contributed by atoms with E-state index >= 15 is 0 Å². The van der Waals surface area contributed by atoms with Crippen LogP contribution in [-0.2, 0) is 20.0 Å². The number of nitrogens with one attached hydrogen (secondary N) is 1. The second-order valence-electron chi connectivity index (χ2n) is 6.97. The molecule has 1 N–H and O–H groups in total. The molecule has 1 atom stereocenters. The number of hydrogen-bond acceptors (Lipinski definition) is 5. The first-order chi connectivity index (χ1) is 12.6. The second kappa shape index (κ2) is 8.49. The van der Waals surface area contributed by atoms with Gasteiger partial charge in [0.05, 0.1) is 12.6 Å². The van der Waals surface area contributed by atoms with Gasteiger partial charge in [-0.15, -0.1) is 0 Å². The SMILES string of the molecule is CCCCc1nc(CN2CCCC[C@H]2c2ccc(C(=O)NC)n2C)no1. The van der Waals surface area contributed by atoms with Crippen molar-refractivity contribution in [2.45, 2.75) is 58.0 Å².